The Hall–Kier alpha value is -3.85. The molecule has 9 heteroatoms. The number of nitrogens with one attached hydrogen (secondary N) is 1. The maximum atomic E-state index is 14.1. The van der Waals surface area contributed by atoms with Gasteiger partial charge in [-0.15, -0.1) is 0 Å². The number of para-hydroxylation sites is 1. The number of ether oxygens (including phenoxy) is 1. The van der Waals surface area contributed by atoms with Crippen molar-refractivity contribution in [1.29, 1.82) is 0 Å². The summed E-state index contributed by atoms with van der Waals surface area (Å²) in [7, 11) is -2.52. The van der Waals surface area contributed by atoms with Gasteiger partial charge in [0, 0.05) is 12.6 Å². The standard InChI is InChI=1S/C31H39N3O5S/c1-6-24(4)32-31(36)28(7-2)33(21-25-17-19-26(39-5)20-18-25)30(35)22-34(29-16-12-11-13-23(29)3)40(37,38)27-14-9-8-10-15-27/h8-20,24,28H,6-7,21-22H2,1-5H3,(H,32,36). The fourth-order valence-corrected chi connectivity index (χ4v) is 5.86. The topological polar surface area (TPSA) is 96.0 Å². The van der Waals surface area contributed by atoms with Gasteiger partial charge in [-0.25, -0.2) is 8.42 Å². The molecule has 2 amide bonds. The Morgan fingerprint density at radius 3 is 2.10 bits per heavy atom. The molecule has 0 fully saturated rings. The highest BCUT2D eigenvalue weighted by molar-refractivity contribution is 7.92. The van der Waals surface area contributed by atoms with E-state index in [9.17, 15) is 18.0 Å². The molecule has 3 aromatic carbocycles. The minimum Gasteiger partial charge on any atom is -0.497 e. The van der Waals surface area contributed by atoms with Crippen LogP contribution in [0, 0.1) is 6.92 Å². The summed E-state index contributed by atoms with van der Waals surface area (Å²) in [6, 6.07) is 21.5. The average molecular weight is 566 g/mol. The van der Waals surface area contributed by atoms with Crippen LogP contribution in [-0.2, 0) is 26.2 Å². The summed E-state index contributed by atoms with van der Waals surface area (Å²) in [5.74, 6) is -0.0836. The van der Waals surface area contributed by atoms with E-state index in [-0.39, 0.29) is 23.4 Å². The molecule has 0 aliphatic carbocycles. The first kappa shape index (κ1) is 30.7. The molecule has 0 aliphatic heterocycles. The van der Waals surface area contributed by atoms with Crippen molar-refractivity contribution in [3.8, 4) is 5.75 Å². The molecule has 0 spiro atoms. The third kappa shape index (κ3) is 7.41. The van der Waals surface area contributed by atoms with Crippen LogP contribution < -0.4 is 14.4 Å². The Balaban J connectivity index is 2.05. The van der Waals surface area contributed by atoms with Gasteiger partial charge in [-0.1, -0.05) is 62.4 Å². The first-order valence-electron chi connectivity index (χ1n) is 13.5. The first-order valence-corrected chi connectivity index (χ1v) is 14.9. The van der Waals surface area contributed by atoms with Gasteiger partial charge in [0.2, 0.25) is 11.8 Å². The second-order valence-electron chi connectivity index (χ2n) is 9.72. The van der Waals surface area contributed by atoms with Crippen LogP contribution in [0.15, 0.2) is 83.8 Å². The Labute approximate surface area is 238 Å². The Morgan fingerprint density at radius 2 is 1.52 bits per heavy atom. The van der Waals surface area contributed by atoms with E-state index in [1.807, 2.05) is 39.0 Å². The molecule has 3 aromatic rings. The average Bonchev–Trinajstić information content (AvgIpc) is 2.96. The molecule has 0 aromatic heterocycles. The summed E-state index contributed by atoms with van der Waals surface area (Å²) in [5, 5.41) is 2.99. The van der Waals surface area contributed by atoms with Gasteiger partial charge < -0.3 is 15.0 Å². The Morgan fingerprint density at radius 1 is 0.900 bits per heavy atom. The van der Waals surface area contributed by atoms with Gasteiger partial charge in [0.05, 0.1) is 17.7 Å². The number of carbonyl (C=O) groups is 2. The summed E-state index contributed by atoms with van der Waals surface area (Å²) >= 11 is 0. The van der Waals surface area contributed by atoms with Crippen LogP contribution in [0.25, 0.3) is 0 Å². The highest BCUT2D eigenvalue weighted by Gasteiger charge is 2.34. The van der Waals surface area contributed by atoms with Gasteiger partial charge in [-0.3, -0.25) is 13.9 Å². The molecule has 214 valence electrons. The van der Waals surface area contributed by atoms with Crippen LogP contribution in [0.4, 0.5) is 5.69 Å². The van der Waals surface area contributed by atoms with Crippen LogP contribution in [0.1, 0.15) is 44.7 Å². The molecule has 2 unspecified atom stereocenters. The second kappa shape index (κ2) is 14.0. The number of nitrogens with zero attached hydrogens (tertiary/aromatic N) is 2. The molecule has 0 bridgehead atoms. The fourth-order valence-electron chi connectivity index (χ4n) is 4.36. The van der Waals surface area contributed by atoms with Crippen molar-refractivity contribution >= 4 is 27.5 Å². The van der Waals surface area contributed by atoms with Crippen molar-refractivity contribution in [1.82, 2.24) is 10.2 Å². The number of amides is 2. The van der Waals surface area contributed by atoms with E-state index in [1.54, 1.807) is 62.6 Å². The van der Waals surface area contributed by atoms with Gasteiger partial charge in [0.1, 0.15) is 18.3 Å². The van der Waals surface area contributed by atoms with Crippen molar-refractivity contribution in [2.75, 3.05) is 18.0 Å². The highest BCUT2D eigenvalue weighted by atomic mass is 32.2. The highest BCUT2D eigenvalue weighted by Crippen LogP contribution is 2.27. The molecule has 3 rings (SSSR count). The number of sulfonamides is 1. The van der Waals surface area contributed by atoms with Gasteiger partial charge >= 0.3 is 0 Å². The quantitative estimate of drug-likeness (QED) is 0.317. The van der Waals surface area contributed by atoms with Crippen LogP contribution in [0.5, 0.6) is 5.75 Å². The number of aryl methyl sites for hydroxylation is 1. The Bertz CT molecular complexity index is 1380. The zero-order valence-corrected chi connectivity index (χ0v) is 24.6. The van der Waals surface area contributed by atoms with Crippen LogP contribution in [-0.4, -0.2) is 50.9 Å². The molecule has 2 atom stereocenters. The van der Waals surface area contributed by atoms with Crippen molar-refractivity contribution < 1.29 is 22.7 Å². The third-order valence-corrected chi connectivity index (χ3v) is 8.67. The molecule has 40 heavy (non-hydrogen) atoms. The molecular formula is C31H39N3O5S. The van der Waals surface area contributed by atoms with Gasteiger partial charge in [-0.2, -0.15) is 0 Å². The van der Waals surface area contributed by atoms with Crippen molar-refractivity contribution in [2.45, 2.75) is 64.1 Å². The molecular weight excluding hydrogens is 526 g/mol. The molecule has 8 nitrogen and oxygen atoms in total. The lowest BCUT2D eigenvalue weighted by atomic mass is 10.1. The second-order valence-corrected chi connectivity index (χ2v) is 11.6. The zero-order valence-electron chi connectivity index (χ0n) is 23.8. The molecule has 0 aliphatic rings. The minimum atomic E-state index is -4.09. The summed E-state index contributed by atoms with van der Waals surface area (Å²) in [6.07, 6.45) is 1.10. The molecule has 1 N–H and O–H groups in total. The molecule has 0 heterocycles. The number of hydrogen-bond acceptors (Lipinski definition) is 5. The number of anilines is 1. The SMILES string of the molecule is CCC(C)NC(=O)C(CC)N(Cc1ccc(OC)cc1)C(=O)CN(c1ccccc1C)S(=O)(=O)c1ccccc1. The number of benzene rings is 3. The summed E-state index contributed by atoms with van der Waals surface area (Å²) in [5.41, 5.74) is 1.90. The normalized spacial score (nSPS) is 12.7. The number of carbonyl (C=O) groups excluding carboxylic acids is 2. The summed E-state index contributed by atoms with van der Waals surface area (Å²) < 4.78 is 34.2. The van der Waals surface area contributed by atoms with Crippen LogP contribution in [0.2, 0.25) is 0 Å². The van der Waals surface area contributed by atoms with Crippen molar-refractivity contribution in [2.24, 2.45) is 0 Å². The minimum absolute atomic E-state index is 0.0681. The maximum absolute atomic E-state index is 14.1. The van der Waals surface area contributed by atoms with Crippen molar-refractivity contribution in [3.05, 3.63) is 90.0 Å². The predicted molar refractivity (Wildman–Crippen MR) is 158 cm³/mol. The van der Waals surface area contributed by atoms with E-state index in [4.69, 9.17) is 4.74 Å². The molecule has 0 radical (unpaired) electrons. The van der Waals surface area contributed by atoms with E-state index in [0.29, 0.717) is 23.4 Å². The van der Waals surface area contributed by atoms with E-state index >= 15 is 0 Å². The lowest BCUT2D eigenvalue weighted by Gasteiger charge is -2.34. The predicted octanol–water partition coefficient (Wildman–Crippen LogP) is 4.92. The van der Waals surface area contributed by atoms with E-state index < -0.39 is 28.5 Å². The largest absolute Gasteiger partial charge is 0.497 e. The molecule has 0 saturated heterocycles. The molecule has 0 saturated carbocycles. The van der Waals surface area contributed by atoms with Gasteiger partial charge in [0.15, 0.2) is 0 Å². The number of hydrogen-bond donors (Lipinski definition) is 1. The lowest BCUT2D eigenvalue weighted by molar-refractivity contribution is -0.140. The summed E-state index contributed by atoms with van der Waals surface area (Å²) in [4.78, 5) is 29.0. The van der Waals surface area contributed by atoms with Gasteiger partial charge in [-0.05, 0) is 68.1 Å². The Kier molecular flexibility index (Phi) is 10.7. The smallest absolute Gasteiger partial charge is 0.264 e. The van der Waals surface area contributed by atoms with E-state index in [1.165, 1.54) is 17.0 Å². The summed E-state index contributed by atoms with van der Waals surface area (Å²) in [6.45, 7) is 7.19. The van der Waals surface area contributed by atoms with E-state index in [0.717, 1.165) is 16.3 Å². The van der Waals surface area contributed by atoms with E-state index in [2.05, 4.69) is 5.32 Å². The van der Waals surface area contributed by atoms with Crippen LogP contribution in [0.3, 0.4) is 0 Å². The number of rotatable bonds is 13. The van der Waals surface area contributed by atoms with Crippen molar-refractivity contribution in [3.63, 3.8) is 0 Å². The monoisotopic (exact) mass is 565 g/mol. The zero-order chi connectivity index (χ0) is 29.3. The van der Waals surface area contributed by atoms with Crippen LogP contribution >= 0.6 is 0 Å². The first-order chi connectivity index (χ1) is 19.1. The fraction of sp³-hybridized carbons (Fsp3) is 0.355. The van der Waals surface area contributed by atoms with Gasteiger partial charge in [0.25, 0.3) is 10.0 Å². The lowest BCUT2D eigenvalue weighted by Crippen LogP contribution is -2.53. The number of methoxy groups -OCH3 is 1. The maximum Gasteiger partial charge on any atom is 0.264 e. The third-order valence-electron chi connectivity index (χ3n) is 6.89.